The smallest absolute Gasteiger partial charge is 0.317 e. The topological polar surface area (TPSA) is 77.8 Å². The predicted octanol–water partition coefficient (Wildman–Crippen LogP) is 3.00. The van der Waals surface area contributed by atoms with Gasteiger partial charge in [0.2, 0.25) is 0 Å². The maximum Gasteiger partial charge on any atom is 0.317 e. The Hall–Kier alpha value is 0.536. The van der Waals surface area contributed by atoms with E-state index in [9.17, 15) is 9.59 Å². The Kier molecular flexibility index (Phi) is 20.1. The van der Waals surface area contributed by atoms with E-state index in [1.165, 1.54) is 49.8 Å². The van der Waals surface area contributed by atoms with Gasteiger partial charge in [-0.15, -0.1) is 0 Å². The van der Waals surface area contributed by atoms with Crippen LogP contribution < -0.4 is 0 Å². The Morgan fingerprint density at radius 3 is 1.45 bits per heavy atom. The van der Waals surface area contributed by atoms with Crippen molar-refractivity contribution in [3.63, 3.8) is 0 Å². The van der Waals surface area contributed by atoms with Gasteiger partial charge in [0, 0.05) is 51.4 Å². The molecule has 0 fully saturated rings. The fourth-order valence-electron chi connectivity index (χ4n) is 2.42. The van der Waals surface area contributed by atoms with E-state index in [0.29, 0.717) is 6.54 Å². The van der Waals surface area contributed by atoms with Gasteiger partial charge in [-0.25, -0.2) is 0 Å². The maximum atomic E-state index is 10.6. The SMILES string of the molecule is CCCCCCCCCCCCN(CC(=O)O)CC(=O)O.[K]. The minimum Gasteiger partial charge on any atom is -0.480 e. The zero-order valence-electron chi connectivity index (χ0n) is 14.4. The van der Waals surface area contributed by atoms with Crippen LogP contribution in [0.4, 0.5) is 0 Å². The molecule has 0 aliphatic carbocycles. The molecule has 0 unspecified atom stereocenters. The molecule has 22 heavy (non-hydrogen) atoms. The van der Waals surface area contributed by atoms with Crippen LogP contribution in [0.1, 0.15) is 71.1 Å². The van der Waals surface area contributed by atoms with Crippen molar-refractivity contribution in [2.24, 2.45) is 0 Å². The van der Waals surface area contributed by atoms with Crippen LogP contribution in [0.2, 0.25) is 0 Å². The second-order valence-corrected chi connectivity index (χ2v) is 5.68. The van der Waals surface area contributed by atoms with E-state index in [-0.39, 0.29) is 64.5 Å². The molecule has 0 bridgehead atoms. The van der Waals surface area contributed by atoms with Crippen LogP contribution in [-0.2, 0) is 9.59 Å². The summed E-state index contributed by atoms with van der Waals surface area (Å²) in [5.74, 6) is -1.94. The minimum atomic E-state index is -0.969. The van der Waals surface area contributed by atoms with E-state index < -0.39 is 11.9 Å². The van der Waals surface area contributed by atoms with E-state index >= 15 is 0 Å². The van der Waals surface area contributed by atoms with Gasteiger partial charge in [-0.2, -0.15) is 0 Å². The number of rotatable bonds is 15. The monoisotopic (exact) mass is 340 g/mol. The van der Waals surface area contributed by atoms with Gasteiger partial charge in [0.25, 0.3) is 0 Å². The summed E-state index contributed by atoms with van der Waals surface area (Å²) in [5, 5.41) is 17.4. The fraction of sp³-hybridized carbons (Fsp3) is 0.875. The summed E-state index contributed by atoms with van der Waals surface area (Å²) >= 11 is 0. The van der Waals surface area contributed by atoms with Gasteiger partial charge in [-0.1, -0.05) is 64.7 Å². The summed E-state index contributed by atoms with van der Waals surface area (Å²) in [7, 11) is 0. The second kappa shape index (κ2) is 17.9. The van der Waals surface area contributed by atoms with Gasteiger partial charge in [0.1, 0.15) is 0 Å². The van der Waals surface area contributed by atoms with Crippen molar-refractivity contribution in [2.75, 3.05) is 19.6 Å². The van der Waals surface area contributed by atoms with Gasteiger partial charge < -0.3 is 10.2 Å². The number of aliphatic carboxylic acids is 2. The molecule has 2 N–H and O–H groups in total. The van der Waals surface area contributed by atoms with Crippen LogP contribution >= 0.6 is 0 Å². The molecule has 0 aromatic carbocycles. The van der Waals surface area contributed by atoms with Crippen molar-refractivity contribution in [1.82, 2.24) is 4.90 Å². The number of hydrogen-bond acceptors (Lipinski definition) is 3. The molecule has 0 saturated carbocycles. The first kappa shape index (κ1) is 24.8. The third kappa shape index (κ3) is 18.6. The van der Waals surface area contributed by atoms with Crippen molar-refractivity contribution >= 4 is 63.3 Å². The van der Waals surface area contributed by atoms with Gasteiger partial charge in [0.05, 0.1) is 13.1 Å². The number of nitrogens with zero attached hydrogens (tertiary/aromatic N) is 1. The van der Waals surface area contributed by atoms with Crippen molar-refractivity contribution in [2.45, 2.75) is 71.1 Å². The number of unbranched alkanes of at least 4 members (excludes halogenated alkanes) is 9. The van der Waals surface area contributed by atoms with Gasteiger partial charge in [-0.3, -0.25) is 14.5 Å². The molecule has 0 atom stereocenters. The summed E-state index contributed by atoms with van der Waals surface area (Å²) < 4.78 is 0. The zero-order chi connectivity index (χ0) is 15.9. The van der Waals surface area contributed by atoms with Crippen molar-refractivity contribution in [1.29, 1.82) is 0 Å². The van der Waals surface area contributed by atoms with E-state index in [1.54, 1.807) is 0 Å². The molecule has 0 amide bonds. The average Bonchev–Trinajstić information content (AvgIpc) is 2.39. The summed E-state index contributed by atoms with van der Waals surface area (Å²) in [5.41, 5.74) is 0. The minimum absolute atomic E-state index is 0. The summed E-state index contributed by atoms with van der Waals surface area (Å²) in [6.45, 7) is 2.39. The largest absolute Gasteiger partial charge is 0.480 e. The standard InChI is InChI=1S/C16H31NO4.K/c1-2-3-4-5-6-7-8-9-10-11-12-17(13-15(18)19)14-16(20)21;/h2-14H2,1H3,(H,18,19)(H,20,21);. The summed E-state index contributed by atoms with van der Waals surface area (Å²) in [4.78, 5) is 22.8. The summed E-state index contributed by atoms with van der Waals surface area (Å²) in [6, 6.07) is 0. The van der Waals surface area contributed by atoms with Gasteiger partial charge in [0.15, 0.2) is 0 Å². The molecule has 0 aliphatic heterocycles. The van der Waals surface area contributed by atoms with E-state index in [1.807, 2.05) is 0 Å². The van der Waals surface area contributed by atoms with Crippen molar-refractivity contribution in [3.8, 4) is 0 Å². The average molecular weight is 341 g/mol. The quantitative estimate of drug-likeness (QED) is 0.354. The predicted molar refractivity (Wildman–Crippen MR) is 89.3 cm³/mol. The summed E-state index contributed by atoms with van der Waals surface area (Å²) in [6.07, 6.45) is 12.2. The van der Waals surface area contributed by atoms with Crippen LogP contribution in [-0.4, -0.2) is 98.1 Å². The van der Waals surface area contributed by atoms with Crippen LogP contribution in [0.25, 0.3) is 0 Å². The van der Waals surface area contributed by atoms with Crippen LogP contribution in [0.5, 0.6) is 0 Å². The van der Waals surface area contributed by atoms with E-state index in [4.69, 9.17) is 10.2 Å². The molecule has 0 aliphatic rings. The number of hydrogen-bond donors (Lipinski definition) is 2. The first-order chi connectivity index (χ1) is 10.1. The van der Waals surface area contributed by atoms with Crippen molar-refractivity contribution in [3.05, 3.63) is 0 Å². The molecule has 0 spiro atoms. The van der Waals surface area contributed by atoms with Crippen LogP contribution in [0.3, 0.4) is 0 Å². The van der Waals surface area contributed by atoms with Crippen molar-refractivity contribution < 1.29 is 19.8 Å². The molecule has 1 radical (unpaired) electrons. The molecule has 0 saturated heterocycles. The molecular weight excluding hydrogens is 309 g/mol. The van der Waals surface area contributed by atoms with Crippen LogP contribution in [0.15, 0.2) is 0 Å². The molecule has 0 aromatic rings. The Bertz CT molecular complexity index is 271. The second-order valence-electron chi connectivity index (χ2n) is 5.68. The molecule has 125 valence electrons. The number of carboxylic acid groups (broad SMARTS) is 2. The molecule has 0 aromatic heterocycles. The van der Waals surface area contributed by atoms with E-state index in [0.717, 1.165) is 19.3 Å². The first-order valence-corrected chi connectivity index (χ1v) is 8.22. The third-order valence-corrected chi connectivity index (χ3v) is 3.55. The Morgan fingerprint density at radius 1 is 0.727 bits per heavy atom. The van der Waals surface area contributed by atoms with E-state index in [2.05, 4.69) is 6.92 Å². The molecule has 5 nitrogen and oxygen atoms in total. The molecule has 0 heterocycles. The molecule has 0 rings (SSSR count). The normalized spacial score (nSPS) is 10.5. The Labute approximate surface area is 177 Å². The van der Waals surface area contributed by atoms with Gasteiger partial charge >= 0.3 is 11.9 Å². The molecule has 6 heteroatoms. The zero-order valence-corrected chi connectivity index (χ0v) is 17.5. The Morgan fingerprint density at radius 2 is 1.09 bits per heavy atom. The molecular formula is C16H31KNO4. The number of carboxylic acids is 2. The maximum absolute atomic E-state index is 10.6. The van der Waals surface area contributed by atoms with Gasteiger partial charge in [-0.05, 0) is 13.0 Å². The fourth-order valence-corrected chi connectivity index (χ4v) is 2.42. The number of carbonyl (C=O) groups is 2. The van der Waals surface area contributed by atoms with Crippen LogP contribution in [0, 0.1) is 0 Å². The first-order valence-electron chi connectivity index (χ1n) is 8.22. The third-order valence-electron chi connectivity index (χ3n) is 3.55. The Balaban J connectivity index is 0.